The van der Waals surface area contributed by atoms with Gasteiger partial charge in [-0.05, 0) is 37.0 Å². The first kappa shape index (κ1) is 16.6. The molecule has 120 valence electrons. The van der Waals surface area contributed by atoms with Gasteiger partial charge in [0.1, 0.15) is 5.76 Å². The number of hydrogen-bond acceptors (Lipinski definition) is 3. The summed E-state index contributed by atoms with van der Waals surface area (Å²) >= 11 is 0. The molecular formula is C15H15F3O3S. The Morgan fingerprint density at radius 3 is 2.32 bits per heavy atom. The maximum Gasteiger partial charge on any atom is 0.534 e. The third-order valence-electron chi connectivity index (χ3n) is 3.37. The first-order chi connectivity index (χ1) is 10.2. The summed E-state index contributed by atoms with van der Waals surface area (Å²) in [5.41, 5.74) is -2.52. The fourth-order valence-electron chi connectivity index (χ4n) is 2.21. The van der Waals surface area contributed by atoms with E-state index in [4.69, 9.17) is 0 Å². The highest BCUT2D eigenvalue weighted by Crippen LogP contribution is 2.32. The van der Waals surface area contributed by atoms with E-state index >= 15 is 0 Å². The molecule has 0 spiro atoms. The lowest BCUT2D eigenvalue weighted by Crippen LogP contribution is -2.25. The van der Waals surface area contributed by atoms with Crippen molar-refractivity contribution in [1.29, 1.82) is 0 Å². The molecule has 0 atom stereocenters. The predicted octanol–water partition coefficient (Wildman–Crippen LogP) is 4.09. The molecule has 0 radical (unpaired) electrons. The van der Waals surface area contributed by atoms with Gasteiger partial charge in [0.25, 0.3) is 0 Å². The largest absolute Gasteiger partial charge is 0.534 e. The zero-order valence-corrected chi connectivity index (χ0v) is 12.7. The summed E-state index contributed by atoms with van der Waals surface area (Å²) < 4.78 is 63.1. The molecule has 2 rings (SSSR count). The highest BCUT2D eigenvalue weighted by molar-refractivity contribution is 7.87. The van der Waals surface area contributed by atoms with Crippen molar-refractivity contribution >= 4 is 10.1 Å². The van der Waals surface area contributed by atoms with Crippen molar-refractivity contribution in [3.8, 4) is 0 Å². The molecule has 0 aliphatic heterocycles. The number of rotatable bonds is 4. The van der Waals surface area contributed by atoms with Crippen LogP contribution in [-0.4, -0.2) is 13.9 Å². The first-order valence-electron chi connectivity index (χ1n) is 6.63. The van der Waals surface area contributed by atoms with Gasteiger partial charge in [-0.3, -0.25) is 0 Å². The van der Waals surface area contributed by atoms with E-state index in [0.29, 0.717) is 12.8 Å². The lowest BCUT2D eigenvalue weighted by molar-refractivity contribution is -0.0523. The standard InChI is InChI=1S/C15H15F3O3S/c1-11-9-14(21-22(19,20)15(16,17)18)8-7-13(11)10-12-5-3-2-4-6-12/h2-6,9H,7-8,10H2,1H3. The van der Waals surface area contributed by atoms with Crippen molar-refractivity contribution in [1.82, 2.24) is 0 Å². The second-order valence-corrected chi connectivity index (χ2v) is 6.58. The number of allylic oxidation sites excluding steroid dienone is 4. The molecule has 1 aromatic rings. The summed E-state index contributed by atoms with van der Waals surface area (Å²) in [6.45, 7) is 1.74. The van der Waals surface area contributed by atoms with E-state index in [1.54, 1.807) is 6.92 Å². The molecule has 0 aromatic heterocycles. The molecule has 1 aliphatic rings. The number of benzene rings is 1. The van der Waals surface area contributed by atoms with Crippen LogP contribution in [0, 0.1) is 0 Å². The van der Waals surface area contributed by atoms with Crippen molar-refractivity contribution in [2.75, 3.05) is 0 Å². The fraction of sp³-hybridized carbons (Fsp3) is 0.333. The molecule has 0 saturated carbocycles. The Kier molecular flexibility index (Phi) is 4.65. The SMILES string of the molecule is CC1=C(Cc2ccccc2)CCC(OS(=O)(=O)C(F)(F)F)=C1. The van der Waals surface area contributed by atoms with Crippen molar-refractivity contribution in [3.63, 3.8) is 0 Å². The molecule has 3 nitrogen and oxygen atoms in total. The third-order valence-corrected chi connectivity index (χ3v) is 4.37. The fourth-order valence-corrected chi connectivity index (χ4v) is 2.72. The quantitative estimate of drug-likeness (QED) is 0.616. The van der Waals surface area contributed by atoms with Crippen LogP contribution in [0.25, 0.3) is 0 Å². The van der Waals surface area contributed by atoms with E-state index in [0.717, 1.165) is 16.7 Å². The van der Waals surface area contributed by atoms with Gasteiger partial charge in [-0.25, -0.2) is 0 Å². The topological polar surface area (TPSA) is 43.4 Å². The minimum atomic E-state index is -5.59. The molecule has 0 bridgehead atoms. The maximum atomic E-state index is 12.3. The van der Waals surface area contributed by atoms with Crippen molar-refractivity contribution in [3.05, 3.63) is 58.9 Å². The molecule has 0 unspecified atom stereocenters. The molecule has 0 heterocycles. The summed E-state index contributed by atoms with van der Waals surface area (Å²) in [5, 5.41) is 0. The molecule has 1 aromatic carbocycles. The van der Waals surface area contributed by atoms with Crippen LogP contribution in [0.5, 0.6) is 0 Å². The highest BCUT2D eigenvalue weighted by Gasteiger charge is 2.48. The Morgan fingerprint density at radius 2 is 1.77 bits per heavy atom. The summed E-state index contributed by atoms with van der Waals surface area (Å²) in [6.07, 6.45) is 2.66. The van der Waals surface area contributed by atoms with Crippen molar-refractivity contribution < 1.29 is 25.8 Å². The summed E-state index contributed by atoms with van der Waals surface area (Å²) in [5.74, 6) is -0.174. The van der Waals surface area contributed by atoms with E-state index in [-0.39, 0.29) is 12.2 Å². The molecule has 0 fully saturated rings. The second kappa shape index (κ2) is 6.16. The first-order valence-corrected chi connectivity index (χ1v) is 8.04. The van der Waals surface area contributed by atoms with Gasteiger partial charge in [0.15, 0.2) is 0 Å². The monoisotopic (exact) mass is 332 g/mol. The maximum absolute atomic E-state index is 12.3. The summed E-state index contributed by atoms with van der Waals surface area (Å²) in [7, 11) is -5.59. The minimum Gasteiger partial charge on any atom is -0.381 e. The third kappa shape index (κ3) is 3.91. The van der Waals surface area contributed by atoms with Gasteiger partial charge in [0.2, 0.25) is 0 Å². The average Bonchev–Trinajstić information content (AvgIpc) is 2.41. The van der Waals surface area contributed by atoms with Gasteiger partial charge in [-0.1, -0.05) is 35.9 Å². The van der Waals surface area contributed by atoms with E-state index in [2.05, 4.69) is 4.18 Å². The average molecular weight is 332 g/mol. The van der Waals surface area contributed by atoms with Gasteiger partial charge >= 0.3 is 15.6 Å². The summed E-state index contributed by atoms with van der Waals surface area (Å²) in [4.78, 5) is 0. The van der Waals surface area contributed by atoms with Gasteiger partial charge < -0.3 is 4.18 Å². The molecule has 0 amide bonds. The van der Waals surface area contributed by atoms with Gasteiger partial charge in [-0.2, -0.15) is 21.6 Å². The van der Waals surface area contributed by atoms with E-state index in [9.17, 15) is 21.6 Å². The smallest absolute Gasteiger partial charge is 0.381 e. The number of hydrogen-bond donors (Lipinski definition) is 0. The van der Waals surface area contributed by atoms with Gasteiger partial charge in [0.05, 0.1) is 0 Å². The predicted molar refractivity (Wildman–Crippen MR) is 76.2 cm³/mol. The van der Waals surface area contributed by atoms with Crippen LogP contribution >= 0.6 is 0 Å². The van der Waals surface area contributed by atoms with Crippen LogP contribution in [0.1, 0.15) is 25.3 Å². The zero-order chi connectivity index (χ0) is 16.4. The second-order valence-electron chi connectivity index (χ2n) is 5.04. The van der Waals surface area contributed by atoms with Crippen LogP contribution in [0.15, 0.2) is 53.3 Å². The van der Waals surface area contributed by atoms with Gasteiger partial charge in [0, 0.05) is 6.42 Å². The zero-order valence-electron chi connectivity index (χ0n) is 11.9. The van der Waals surface area contributed by atoms with Crippen LogP contribution in [0.3, 0.4) is 0 Å². The molecule has 0 N–H and O–H groups in total. The Balaban J connectivity index is 2.15. The Labute approximate surface area is 127 Å². The highest BCUT2D eigenvalue weighted by atomic mass is 32.2. The lowest BCUT2D eigenvalue weighted by Gasteiger charge is -2.19. The number of alkyl halides is 3. The van der Waals surface area contributed by atoms with Crippen molar-refractivity contribution in [2.45, 2.75) is 31.7 Å². The lowest BCUT2D eigenvalue weighted by atomic mass is 9.92. The van der Waals surface area contributed by atoms with E-state index in [1.807, 2.05) is 30.3 Å². The van der Waals surface area contributed by atoms with E-state index in [1.165, 1.54) is 6.08 Å². The van der Waals surface area contributed by atoms with Crippen molar-refractivity contribution in [2.24, 2.45) is 0 Å². The molecule has 1 aliphatic carbocycles. The molecule has 22 heavy (non-hydrogen) atoms. The Morgan fingerprint density at radius 1 is 1.14 bits per heavy atom. The van der Waals surface area contributed by atoms with Crippen LogP contribution in [0.2, 0.25) is 0 Å². The minimum absolute atomic E-state index is 0.134. The normalized spacial score (nSPS) is 16.5. The Bertz CT molecular complexity index is 701. The molecular weight excluding hydrogens is 317 g/mol. The molecule has 7 heteroatoms. The van der Waals surface area contributed by atoms with Crippen LogP contribution in [-0.2, 0) is 20.7 Å². The van der Waals surface area contributed by atoms with Gasteiger partial charge in [-0.15, -0.1) is 0 Å². The molecule has 0 saturated heterocycles. The number of halogens is 3. The Hall–Kier alpha value is -1.76. The van der Waals surface area contributed by atoms with E-state index < -0.39 is 15.6 Å². The van der Waals surface area contributed by atoms with Crippen LogP contribution < -0.4 is 0 Å². The van der Waals surface area contributed by atoms with Crippen LogP contribution in [0.4, 0.5) is 13.2 Å². The summed E-state index contributed by atoms with van der Waals surface area (Å²) in [6, 6.07) is 9.65.